The first-order valence-corrected chi connectivity index (χ1v) is 5.76. The van der Waals surface area contributed by atoms with Crippen LogP contribution in [0.15, 0.2) is 24.3 Å². The number of ether oxygens (including phenoxy) is 3. The molecule has 1 aromatic rings. The number of methoxy groups -OCH3 is 1. The highest BCUT2D eigenvalue weighted by Crippen LogP contribution is 2.20. The van der Waals surface area contributed by atoms with E-state index in [4.69, 9.17) is 9.47 Å². The minimum Gasteiger partial charge on any atom is -0.465 e. The second-order valence-electron chi connectivity index (χ2n) is 3.93. The van der Waals surface area contributed by atoms with Crippen molar-refractivity contribution < 1.29 is 19.0 Å². The second kappa shape index (κ2) is 5.68. The van der Waals surface area contributed by atoms with Gasteiger partial charge in [0.05, 0.1) is 19.3 Å². The quantitative estimate of drug-likeness (QED) is 0.756. The minimum atomic E-state index is -0.361. The summed E-state index contributed by atoms with van der Waals surface area (Å²) in [5, 5.41) is 0. The van der Waals surface area contributed by atoms with E-state index in [0.717, 1.165) is 25.9 Å². The summed E-state index contributed by atoms with van der Waals surface area (Å²) in [6, 6.07) is 6.94. The third-order valence-corrected chi connectivity index (χ3v) is 2.66. The maximum Gasteiger partial charge on any atom is 0.337 e. The summed E-state index contributed by atoms with van der Waals surface area (Å²) >= 11 is 0. The molecule has 0 bridgehead atoms. The van der Waals surface area contributed by atoms with Crippen molar-refractivity contribution in [2.75, 3.05) is 13.7 Å². The van der Waals surface area contributed by atoms with Gasteiger partial charge in [0.2, 0.25) is 0 Å². The van der Waals surface area contributed by atoms with Crippen LogP contribution in [-0.2, 0) is 9.47 Å². The molecule has 1 aliphatic rings. The standard InChI is InChI=1S/C13H16O4/c1-15-13(14)10-5-4-6-11(9-10)17-12-7-2-3-8-16-12/h4-6,9,12H,2-3,7-8H2,1H3. The van der Waals surface area contributed by atoms with Gasteiger partial charge < -0.3 is 14.2 Å². The fourth-order valence-electron chi connectivity index (χ4n) is 1.77. The number of benzene rings is 1. The molecule has 0 spiro atoms. The zero-order valence-corrected chi connectivity index (χ0v) is 9.85. The molecule has 17 heavy (non-hydrogen) atoms. The van der Waals surface area contributed by atoms with Gasteiger partial charge in [0.25, 0.3) is 0 Å². The van der Waals surface area contributed by atoms with E-state index >= 15 is 0 Å². The summed E-state index contributed by atoms with van der Waals surface area (Å²) < 4.78 is 15.8. The van der Waals surface area contributed by atoms with Crippen molar-refractivity contribution in [3.8, 4) is 5.75 Å². The lowest BCUT2D eigenvalue weighted by Crippen LogP contribution is -2.25. The van der Waals surface area contributed by atoms with Gasteiger partial charge >= 0.3 is 5.97 Å². The van der Waals surface area contributed by atoms with Crippen LogP contribution >= 0.6 is 0 Å². The van der Waals surface area contributed by atoms with Gasteiger partial charge in [-0.25, -0.2) is 4.79 Å². The van der Waals surface area contributed by atoms with Gasteiger partial charge in [-0.2, -0.15) is 0 Å². The first-order chi connectivity index (χ1) is 8.29. The first kappa shape index (κ1) is 11.9. The lowest BCUT2D eigenvalue weighted by molar-refractivity contribution is -0.105. The van der Waals surface area contributed by atoms with Gasteiger partial charge in [-0.15, -0.1) is 0 Å². The van der Waals surface area contributed by atoms with E-state index in [1.807, 2.05) is 6.07 Å². The molecule has 0 amide bonds. The van der Waals surface area contributed by atoms with Crippen molar-refractivity contribution in [1.29, 1.82) is 0 Å². The molecule has 0 N–H and O–H groups in total. The van der Waals surface area contributed by atoms with Crippen LogP contribution in [-0.4, -0.2) is 26.0 Å². The zero-order chi connectivity index (χ0) is 12.1. The highest BCUT2D eigenvalue weighted by Gasteiger charge is 2.15. The van der Waals surface area contributed by atoms with Crippen molar-refractivity contribution in [1.82, 2.24) is 0 Å². The van der Waals surface area contributed by atoms with Crippen molar-refractivity contribution in [3.63, 3.8) is 0 Å². The maximum absolute atomic E-state index is 11.3. The SMILES string of the molecule is COC(=O)c1cccc(OC2CCCCO2)c1. The predicted molar refractivity (Wildman–Crippen MR) is 62.0 cm³/mol. The molecule has 4 heteroatoms. The van der Waals surface area contributed by atoms with E-state index in [0.29, 0.717) is 11.3 Å². The largest absolute Gasteiger partial charge is 0.465 e. The van der Waals surface area contributed by atoms with Crippen LogP contribution in [0.1, 0.15) is 29.6 Å². The van der Waals surface area contributed by atoms with E-state index in [2.05, 4.69) is 4.74 Å². The van der Waals surface area contributed by atoms with Gasteiger partial charge in [0, 0.05) is 6.42 Å². The molecule has 1 aliphatic heterocycles. The minimum absolute atomic E-state index is 0.198. The van der Waals surface area contributed by atoms with Gasteiger partial charge in [0.15, 0.2) is 6.29 Å². The Bertz CT molecular complexity index is 383. The van der Waals surface area contributed by atoms with Crippen molar-refractivity contribution in [2.45, 2.75) is 25.6 Å². The smallest absolute Gasteiger partial charge is 0.337 e. The van der Waals surface area contributed by atoms with Crippen LogP contribution in [0.25, 0.3) is 0 Å². The van der Waals surface area contributed by atoms with Crippen molar-refractivity contribution >= 4 is 5.97 Å². The molecule has 0 aromatic heterocycles. The third-order valence-electron chi connectivity index (χ3n) is 2.66. The van der Waals surface area contributed by atoms with Crippen molar-refractivity contribution in [2.24, 2.45) is 0 Å². The highest BCUT2D eigenvalue weighted by atomic mass is 16.7. The summed E-state index contributed by atoms with van der Waals surface area (Å²) in [6.45, 7) is 0.737. The topological polar surface area (TPSA) is 44.8 Å². The molecule has 2 rings (SSSR count). The highest BCUT2D eigenvalue weighted by molar-refractivity contribution is 5.89. The zero-order valence-electron chi connectivity index (χ0n) is 9.85. The Kier molecular flexibility index (Phi) is 3.98. The Hall–Kier alpha value is -1.55. The number of hydrogen-bond donors (Lipinski definition) is 0. The lowest BCUT2D eigenvalue weighted by atomic mass is 10.2. The molecule has 4 nitrogen and oxygen atoms in total. The summed E-state index contributed by atoms with van der Waals surface area (Å²) in [7, 11) is 1.36. The van der Waals surface area contributed by atoms with Crippen LogP contribution in [0.5, 0.6) is 5.75 Å². The third kappa shape index (κ3) is 3.20. The molecular formula is C13H16O4. The Morgan fingerprint density at radius 2 is 2.29 bits per heavy atom. The molecule has 1 unspecified atom stereocenters. The average molecular weight is 236 g/mol. The number of esters is 1. The molecule has 0 aliphatic carbocycles. The predicted octanol–water partition coefficient (Wildman–Crippen LogP) is 2.38. The van der Waals surface area contributed by atoms with Crippen LogP contribution in [0.4, 0.5) is 0 Å². The number of carbonyl (C=O) groups is 1. The molecule has 1 saturated heterocycles. The van der Waals surface area contributed by atoms with E-state index < -0.39 is 0 Å². The first-order valence-electron chi connectivity index (χ1n) is 5.76. The van der Waals surface area contributed by atoms with Crippen LogP contribution in [0.2, 0.25) is 0 Å². The molecule has 0 saturated carbocycles. The van der Waals surface area contributed by atoms with Gasteiger partial charge in [-0.1, -0.05) is 6.07 Å². The van der Waals surface area contributed by atoms with E-state index in [1.54, 1.807) is 18.2 Å². The molecular weight excluding hydrogens is 220 g/mol. The van der Waals surface area contributed by atoms with Crippen molar-refractivity contribution in [3.05, 3.63) is 29.8 Å². The number of carbonyl (C=O) groups excluding carboxylic acids is 1. The van der Waals surface area contributed by atoms with E-state index in [1.165, 1.54) is 7.11 Å². The normalized spacial score (nSPS) is 19.7. The Balaban J connectivity index is 2.02. The molecule has 92 valence electrons. The van der Waals surface area contributed by atoms with Crippen LogP contribution < -0.4 is 4.74 Å². The summed E-state index contributed by atoms with van der Waals surface area (Å²) in [5.74, 6) is 0.278. The molecule has 1 aromatic carbocycles. The van der Waals surface area contributed by atoms with E-state index in [9.17, 15) is 4.79 Å². The van der Waals surface area contributed by atoms with Gasteiger partial charge in [-0.3, -0.25) is 0 Å². The van der Waals surface area contributed by atoms with E-state index in [-0.39, 0.29) is 12.3 Å². The summed E-state index contributed by atoms with van der Waals surface area (Å²) in [6.07, 6.45) is 2.89. The average Bonchev–Trinajstić information content (AvgIpc) is 2.39. The number of rotatable bonds is 3. The van der Waals surface area contributed by atoms with Gasteiger partial charge in [-0.05, 0) is 31.0 Å². The fourth-order valence-corrected chi connectivity index (χ4v) is 1.77. The Labute approximate surface area is 100 Å². The lowest BCUT2D eigenvalue weighted by Gasteiger charge is -2.23. The second-order valence-corrected chi connectivity index (χ2v) is 3.93. The monoisotopic (exact) mass is 236 g/mol. The molecule has 1 fully saturated rings. The molecule has 0 radical (unpaired) electrons. The van der Waals surface area contributed by atoms with Crippen LogP contribution in [0, 0.1) is 0 Å². The maximum atomic E-state index is 11.3. The Morgan fingerprint density at radius 1 is 1.41 bits per heavy atom. The van der Waals surface area contributed by atoms with Crippen LogP contribution in [0.3, 0.4) is 0 Å². The molecule has 1 atom stereocenters. The Morgan fingerprint density at radius 3 is 3.00 bits per heavy atom. The summed E-state index contributed by atoms with van der Waals surface area (Å²) in [5.41, 5.74) is 0.487. The number of hydrogen-bond acceptors (Lipinski definition) is 4. The molecule has 1 heterocycles. The fraction of sp³-hybridized carbons (Fsp3) is 0.462. The van der Waals surface area contributed by atoms with Gasteiger partial charge in [0.1, 0.15) is 5.75 Å². The summed E-state index contributed by atoms with van der Waals surface area (Å²) in [4.78, 5) is 11.3.